The Morgan fingerprint density at radius 1 is 1.20 bits per heavy atom. The molecule has 1 heterocycles. The molecule has 3 rings (SSSR count). The molecule has 0 N–H and O–H groups in total. The van der Waals surface area contributed by atoms with Crippen molar-refractivity contribution in [2.24, 2.45) is 5.10 Å². The van der Waals surface area contributed by atoms with Gasteiger partial charge in [0.25, 0.3) is 11.6 Å². The van der Waals surface area contributed by atoms with E-state index in [1.54, 1.807) is 43.3 Å². The summed E-state index contributed by atoms with van der Waals surface area (Å²) >= 11 is 12.1. The van der Waals surface area contributed by atoms with Crippen molar-refractivity contribution in [2.75, 3.05) is 5.01 Å². The van der Waals surface area contributed by atoms with E-state index in [4.69, 9.17) is 23.2 Å². The van der Waals surface area contributed by atoms with E-state index in [1.807, 2.05) is 0 Å². The zero-order valence-electron chi connectivity index (χ0n) is 12.9. The largest absolute Gasteiger partial charge is 0.280 e. The minimum absolute atomic E-state index is 0.0517. The molecule has 8 heteroatoms. The van der Waals surface area contributed by atoms with E-state index in [0.29, 0.717) is 32.6 Å². The van der Waals surface area contributed by atoms with Crippen LogP contribution in [0.5, 0.6) is 0 Å². The lowest BCUT2D eigenvalue weighted by Gasteiger charge is -2.13. The molecule has 25 heavy (non-hydrogen) atoms. The standard InChI is InChI=1S/C17H11Cl2N3O3/c1-10-14(8-11-3-2-4-13(7-11)22(24)25)17(23)21(20-10)16-9-12(18)5-6-15(16)19/h2-9H,1H3. The van der Waals surface area contributed by atoms with E-state index in [9.17, 15) is 14.9 Å². The lowest BCUT2D eigenvalue weighted by molar-refractivity contribution is -0.384. The van der Waals surface area contributed by atoms with Crippen molar-refractivity contribution >= 4 is 52.3 Å². The van der Waals surface area contributed by atoms with Gasteiger partial charge in [0, 0.05) is 17.2 Å². The summed E-state index contributed by atoms with van der Waals surface area (Å²) in [7, 11) is 0. The van der Waals surface area contributed by atoms with Crippen LogP contribution in [0.2, 0.25) is 10.0 Å². The molecule has 0 saturated carbocycles. The third kappa shape index (κ3) is 3.40. The van der Waals surface area contributed by atoms with E-state index < -0.39 is 4.92 Å². The van der Waals surface area contributed by atoms with Gasteiger partial charge in [-0.2, -0.15) is 10.1 Å². The summed E-state index contributed by atoms with van der Waals surface area (Å²) in [5, 5.41) is 17.1. The van der Waals surface area contributed by atoms with Crippen LogP contribution in [-0.2, 0) is 4.79 Å². The number of benzene rings is 2. The smallest absolute Gasteiger partial charge is 0.267 e. The maximum absolute atomic E-state index is 12.7. The molecule has 0 saturated heterocycles. The van der Waals surface area contributed by atoms with Gasteiger partial charge in [-0.3, -0.25) is 14.9 Å². The number of non-ortho nitro benzene ring substituents is 1. The molecule has 2 aromatic carbocycles. The Morgan fingerprint density at radius 2 is 1.96 bits per heavy atom. The van der Waals surface area contributed by atoms with Gasteiger partial charge in [-0.05, 0) is 36.8 Å². The van der Waals surface area contributed by atoms with Crippen LogP contribution in [0.1, 0.15) is 12.5 Å². The van der Waals surface area contributed by atoms with Gasteiger partial charge in [-0.25, -0.2) is 0 Å². The van der Waals surface area contributed by atoms with Crippen LogP contribution in [0.4, 0.5) is 11.4 Å². The molecule has 0 fully saturated rings. The Balaban J connectivity index is 1.99. The molecule has 0 aromatic heterocycles. The van der Waals surface area contributed by atoms with E-state index >= 15 is 0 Å². The number of hydrazone groups is 1. The lowest BCUT2D eigenvalue weighted by atomic mass is 10.1. The number of halogens is 2. The predicted molar refractivity (Wildman–Crippen MR) is 98.1 cm³/mol. The Bertz CT molecular complexity index is 954. The summed E-state index contributed by atoms with van der Waals surface area (Å²) in [6.45, 7) is 1.68. The molecule has 1 amide bonds. The molecule has 1 aliphatic heterocycles. The molecule has 0 unspecified atom stereocenters. The molecule has 2 aromatic rings. The zero-order chi connectivity index (χ0) is 18.1. The van der Waals surface area contributed by atoms with Gasteiger partial charge < -0.3 is 0 Å². The summed E-state index contributed by atoms with van der Waals surface area (Å²) in [4.78, 5) is 23.1. The Hall–Kier alpha value is -2.70. The van der Waals surface area contributed by atoms with E-state index in [0.717, 1.165) is 0 Å². The minimum Gasteiger partial charge on any atom is -0.267 e. The highest BCUT2D eigenvalue weighted by atomic mass is 35.5. The third-order valence-electron chi connectivity index (χ3n) is 3.59. The fourth-order valence-corrected chi connectivity index (χ4v) is 2.75. The van der Waals surface area contributed by atoms with Gasteiger partial charge >= 0.3 is 0 Å². The summed E-state index contributed by atoms with van der Waals surface area (Å²) < 4.78 is 0. The van der Waals surface area contributed by atoms with Crippen LogP contribution in [0.15, 0.2) is 53.1 Å². The fraction of sp³-hybridized carbons (Fsp3) is 0.0588. The Labute approximate surface area is 153 Å². The summed E-state index contributed by atoms with van der Waals surface area (Å²) in [5.41, 5.74) is 1.67. The first-order chi connectivity index (χ1) is 11.9. The maximum Gasteiger partial charge on any atom is 0.280 e. The highest BCUT2D eigenvalue weighted by Crippen LogP contribution is 2.33. The second kappa shape index (κ2) is 6.66. The van der Waals surface area contributed by atoms with Gasteiger partial charge in [-0.15, -0.1) is 0 Å². The number of anilines is 1. The molecule has 0 radical (unpaired) electrons. The van der Waals surface area contributed by atoms with E-state index in [-0.39, 0.29) is 11.6 Å². The van der Waals surface area contributed by atoms with Crippen molar-refractivity contribution in [3.05, 3.63) is 73.8 Å². The Kier molecular flexibility index (Phi) is 4.57. The molecule has 0 bridgehead atoms. The molecule has 126 valence electrons. The fourth-order valence-electron chi connectivity index (χ4n) is 2.39. The maximum atomic E-state index is 12.7. The zero-order valence-corrected chi connectivity index (χ0v) is 14.5. The number of nitro groups is 1. The van der Waals surface area contributed by atoms with Crippen molar-refractivity contribution in [1.82, 2.24) is 0 Å². The number of nitrogens with zero attached hydrogens (tertiary/aromatic N) is 3. The number of rotatable bonds is 3. The van der Waals surface area contributed by atoms with Crippen LogP contribution >= 0.6 is 23.2 Å². The third-order valence-corrected chi connectivity index (χ3v) is 4.15. The number of nitro benzene ring substituents is 1. The number of hydrogen-bond acceptors (Lipinski definition) is 4. The van der Waals surface area contributed by atoms with Gasteiger partial charge in [0.1, 0.15) is 0 Å². The topological polar surface area (TPSA) is 75.8 Å². The van der Waals surface area contributed by atoms with Gasteiger partial charge in [0.15, 0.2) is 0 Å². The van der Waals surface area contributed by atoms with Gasteiger partial charge in [0.2, 0.25) is 0 Å². The monoisotopic (exact) mass is 375 g/mol. The minimum atomic E-state index is -0.489. The van der Waals surface area contributed by atoms with Gasteiger partial charge in [0.05, 0.1) is 26.9 Å². The van der Waals surface area contributed by atoms with E-state index in [2.05, 4.69) is 5.10 Å². The Morgan fingerprint density at radius 3 is 2.68 bits per heavy atom. The first kappa shape index (κ1) is 17.1. The van der Waals surface area contributed by atoms with Crippen LogP contribution in [0, 0.1) is 10.1 Å². The van der Waals surface area contributed by atoms with Crippen LogP contribution in [-0.4, -0.2) is 16.5 Å². The predicted octanol–water partition coefficient (Wildman–Crippen LogP) is 4.71. The van der Waals surface area contributed by atoms with E-state index in [1.165, 1.54) is 17.1 Å². The van der Waals surface area contributed by atoms with Crippen molar-refractivity contribution in [3.63, 3.8) is 0 Å². The first-order valence-electron chi connectivity index (χ1n) is 7.18. The molecule has 6 nitrogen and oxygen atoms in total. The van der Waals surface area contributed by atoms with Crippen LogP contribution in [0.3, 0.4) is 0 Å². The number of carbonyl (C=O) groups is 1. The van der Waals surface area contributed by atoms with Crippen molar-refractivity contribution in [1.29, 1.82) is 0 Å². The number of carbonyl (C=O) groups excluding carboxylic acids is 1. The average molecular weight is 376 g/mol. The molecular weight excluding hydrogens is 365 g/mol. The highest BCUT2D eigenvalue weighted by Gasteiger charge is 2.30. The van der Waals surface area contributed by atoms with Gasteiger partial charge in [-0.1, -0.05) is 35.3 Å². The summed E-state index contributed by atoms with van der Waals surface area (Å²) in [5.74, 6) is -0.381. The summed E-state index contributed by atoms with van der Waals surface area (Å²) in [6, 6.07) is 10.8. The first-order valence-corrected chi connectivity index (χ1v) is 7.93. The quantitative estimate of drug-likeness (QED) is 0.442. The summed E-state index contributed by atoms with van der Waals surface area (Å²) in [6.07, 6.45) is 1.56. The lowest BCUT2D eigenvalue weighted by Crippen LogP contribution is -2.21. The molecule has 0 atom stereocenters. The molecule has 0 spiro atoms. The van der Waals surface area contributed by atoms with Crippen LogP contribution < -0.4 is 5.01 Å². The highest BCUT2D eigenvalue weighted by molar-refractivity contribution is 6.38. The van der Waals surface area contributed by atoms with Crippen molar-refractivity contribution in [3.8, 4) is 0 Å². The number of amides is 1. The second-order valence-electron chi connectivity index (χ2n) is 5.31. The SMILES string of the molecule is CC1=NN(c2cc(Cl)ccc2Cl)C(=O)C1=Cc1cccc([N+](=O)[O-])c1. The van der Waals surface area contributed by atoms with Crippen LogP contribution in [0.25, 0.3) is 6.08 Å². The molecule has 0 aliphatic carbocycles. The van der Waals surface area contributed by atoms with Crippen molar-refractivity contribution < 1.29 is 9.72 Å². The molecule has 1 aliphatic rings. The number of hydrogen-bond donors (Lipinski definition) is 0. The average Bonchev–Trinajstić information content (AvgIpc) is 2.85. The van der Waals surface area contributed by atoms with Crippen molar-refractivity contribution in [2.45, 2.75) is 6.92 Å². The normalized spacial score (nSPS) is 15.6. The second-order valence-corrected chi connectivity index (χ2v) is 6.15. The molecular formula is C17H11Cl2N3O3.